The summed E-state index contributed by atoms with van der Waals surface area (Å²) in [6.07, 6.45) is 2.65. The first-order chi connectivity index (χ1) is 7.67. The third-order valence-corrected chi connectivity index (χ3v) is 1.93. The van der Waals surface area contributed by atoms with Gasteiger partial charge in [0.2, 0.25) is 5.91 Å². The van der Waals surface area contributed by atoms with E-state index in [4.69, 9.17) is 0 Å². The van der Waals surface area contributed by atoms with Gasteiger partial charge >= 0.3 is 5.97 Å². The highest BCUT2D eigenvalue weighted by molar-refractivity contribution is 5.93. The Balaban J connectivity index is 2.74. The maximum Gasteiger partial charge on any atom is 0.338 e. The minimum absolute atomic E-state index is 0.114. The lowest BCUT2D eigenvalue weighted by Crippen LogP contribution is -2.12. The zero-order chi connectivity index (χ0) is 12.0. The van der Waals surface area contributed by atoms with Crippen molar-refractivity contribution in [2.24, 2.45) is 0 Å². The lowest BCUT2D eigenvalue weighted by atomic mass is 10.2. The number of aromatic nitrogens is 1. The Morgan fingerprint density at radius 3 is 2.88 bits per heavy atom. The van der Waals surface area contributed by atoms with E-state index in [-0.39, 0.29) is 5.91 Å². The summed E-state index contributed by atoms with van der Waals surface area (Å²) in [5.74, 6) is -0.202. The van der Waals surface area contributed by atoms with Crippen LogP contribution in [0.3, 0.4) is 0 Å². The maximum atomic E-state index is 11.3. The highest BCUT2D eigenvalue weighted by atomic mass is 16.5. The number of methoxy groups -OCH3 is 1. The first-order valence-corrected chi connectivity index (χ1v) is 5.01. The van der Waals surface area contributed by atoms with E-state index in [9.17, 15) is 9.59 Å². The average Bonchev–Trinajstić information content (AvgIpc) is 2.28. The fourth-order valence-corrected chi connectivity index (χ4v) is 1.18. The fraction of sp³-hybridized carbons (Fsp3) is 0.364. The van der Waals surface area contributed by atoms with Gasteiger partial charge in [0.25, 0.3) is 0 Å². The largest absolute Gasteiger partial charge is 0.465 e. The first-order valence-electron chi connectivity index (χ1n) is 5.01. The Morgan fingerprint density at radius 2 is 2.25 bits per heavy atom. The van der Waals surface area contributed by atoms with Crippen molar-refractivity contribution >= 4 is 17.7 Å². The van der Waals surface area contributed by atoms with E-state index in [1.54, 1.807) is 0 Å². The van der Waals surface area contributed by atoms with E-state index in [0.717, 1.165) is 6.42 Å². The van der Waals surface area contributed by atoms with Crippen molar-refractivity contribution in [3.8, 4) is 0 Å². The second kappa shape index (κ2) is 5.85. The summed E-state index contributed by atoms with van der Waals surface area (Å²) >= 11 is 0. The van der Waals surface area contributed by atoms with Gasteiger partial charge in [0.05, 0.1) is 12.7 Å². The third kappa shape index (κ3) is 3.34. The van der Waals surface area contributed by atoms with Crippen LogP contribution in [0, 0.1) is 0 Å². The predicted molar refractivity (Wildman–Crippen MR) is 59.1 cm³/mol. The number of hydrogen-bond acceptors (Lipinski definition) is 4. The van der Waals surface area contributed by atoms with Crippen molar-refractivity contribution < 1.29 is 14.3 Å². The van der Waals surface area contributed by atoms with Crippen LogP contribution in [-0.2, 0) is 9.53 Å². The van der Waals surface area contributed by atoms with Gasteiger partial charge in [0, 0.05) is 12.6 Å². The third-order valence-electron chi connectivity index (χ3n) is 1.93. The SMILES string of the molecule is CCCC(=O)Nc1cc(C(=O)OC)ccn1. The van der Waals surface area contributed by atoms with Gasteiger partial charge in [-0.3, -0.25) is 4.79 Å². The second-order valence-corrected chi connectivity index (χ2v) is 3.22. The number of carbonyl (C=O) groups excluding carboxylic acids is 2. The summed E-state index contributed by atoms with van der Waals surface area (Å²) in [6, 6.07) is 3.01. The lowest BCUT2D eigenvalue weighted by molar-refractivity contribution is -0.116. The molecule has 0 saturated carbocycles. The average molecular weight is 222 g/mol. The smallest absolute Gasteiger partial charge is 0.338 e. The zero-order valence-corrected chi connectivity index (χ0v) is 9.32. The molecule has 0 bridgehead atoms. The normalized spacial score (nSPS) is 9.62. The van der Waals surface area contributed by atoms with E-state index in [1.165, 1.54) is 25.4 Å². The molecule has 0 radical (unpaired) electrons. The summed E-state index contributed by atoms with van der Waals surface area (Å²) in [7, 11) is 1.30. The molecule has 16 heavy (non-hydrogen) atoms. The van der Waals surface area contributed by atoms with Crippen molar-refractivity contribution in [2.75, 3.05) is 12.4 Å². The van der Waals surface area contributed by atoms with Gasteiger partial charge in [-0.05, 0) is 18.6 Å². The van der Waals surface area contributed by atoms with Gasteiger partial charge in [-0.25, -0.2) is 9.78 Å². The minimum atomic E-state index is -0.451. The molecular weight excluding hydrogens is 208 g/mol. The maximum absolute atomic E-state index is 11.3. The highest BCUT2D eigenvalue weighted by Gasteiger charge is 2.07. The number of esters is 1. The number of pyridine rings is 1. The van der Waals surface area contributed by atoms with Crippen LogP contribution in [0.2, 0.25) is 0 Å². The molecule has 0 aromatic carbocycles. The van der Waals surface area contributed by atoms with Gasteiger partial charge in [-0.1, -0.05) is 6.92 Å². The van der Waals surface area contributed by atoms with Crippen molar-refractivity contribution in [2.45, 2.75) is 19.8 Å². The number of ether oxygens (including phenoxy) is 1. The molecule has 5 heteroatoms. The molecule has 1 aromatic rings. The highest BCUT2D eigenvalue weighted by Crippen LogP contribution is 2.08. The summed E-state index contributed by atoms with van der Waals surface area (Å²) in [5.41, 5.74) is 0.365. The molecule has 0 unspecified atom stereocenters. The summed E-state index contributed by atoms with van der Waals surface area (Å²) in [5, 5.41) is 2.60. The Morgan fingerprint density at radius 1 is 1.50 bits per heavy atom. The standard InChI is InChI=1S/C11H14N2O3/c1-3-4-10(14)13-9-7-8(5-6-12-9)11(15)16-2/h5-7H,3-4H2,1-2H3,(H,12,13,14). The Kier molecular flexibility index (Phi) is 4.44. The predicted octanol–water partition coefficient (Wildman–Crippen LogP) is 1.61. The minimum Gasteiger partial charge on any atom is -0.465 e. The number of rotatable bonds is 4. The summed E-state index contributed by atoms with van der Waals surface area (Å²) in [6.45, 7) is 1.91. The summed E-state index contributed by atoms with van der Waals surface area (Å²) in [4.78, 5) is 26.4. The Bertz CT molecular complexity index is 391. The van der Waals surface area contributed by atoms with Gasteiger partial charge in [0.1, 0.15) is 5.82 Å². The number of anilines is 1. The number of nitrogens with one attached hydrogen (secondary N) is 1. The number of nitrogens with zero attached hydrogens (tertiary/aromatic N) is 1. The second-order valence-electron chi connectivity index (χ2n) is 3.22. The van der Waals surface area contributed by atoms with Crippen molar-refractivity contribution in [1.29, 1.82) is 0 Å². The van der Waals surface area contributed by atoms with Crippen molar-refractivity contribution in [1.82, 2.24) is 4.98 Å². The lowest BCUT2D eigenvalue weighted by Gasteiger charge is -2.04. The van der Waals surface area contributed by atoms with Crippen LogP contribution < -0.4 is 5.32 Å². The molecular formula is C11H14N2O3. The first kappa shape index (κ1) is 12.2. The molecule has 0 aliphatic carbocycles. The summed E-state index contributed by atoms with van der Waals surface area (Å²) < 4.78 is 4.56. The van der Waals surface area contributed by atoms with E-state index in [1.807, 2.05) is 6.92 Å². The van der Waals surface area contributed by atoms with Crippen LogP contribution in [0.1, 0.15) is 30.1 Å². The molecule has 1 heterocycles. The molecule has 0 saturated heterocycles. The van der Waals surface area contributed by atoms with E-state index in [0.29, 0.717) is 17.8 Å². The molecule has 1 aromatic heterocycles. The van der Waals surface area contributed by atoms with Gasteiger partial charge in [0.15, 0.2) is 0 Å². The number of amides is 1. The molecule has 0 fully saturated rings. The topological polar surface area (TPSA) is 68.3 Å². The van der Waals surface area contributed by atoms with Crippen LogP contribution in [0.25, 0.3) is 0 Å². The molecule has 0 aliphatic heterocycles. The van der Waals surface area contributed by atoms with Crippen LogP contribution in [0.5, 0.6) is 0 Å². The van der Waals surface area contributed by atoms with E-state index >= 15 is 0 Å². The number of hydrogen-bond donors (Lipinski definition) is 1. The Labute approximate surface area is 93.8 Å². The van der Waals surface area contributed by atoms with Gasteiger partial charge < -0.3 is 10.1 Å². The molecule has 1 N–H and O–H groups in total. The van der Waals surface area contributed by atoms with Gasteiger partial charge in [-0.2, -0.15) is 0 Å². The van der Waals surface area contributed by atoms with Crippen LogP contribution in [0.4, 0.5) is 5.82 Å². The van der Waals surface area contributed by atoms with Crippen LogP contribution in [0.15, 0.2) is 18.3 Å². The molecule has 0 aliphatic rings. The molecule has 0 atom stereocenters. The molecule has 1 amide bonds. The molecule has 1 rings (SSSR count). The zero-order valence-electron chi connectivity index (χ0n) is 9.32. The Hall–Kier alpha value is -1.91. The number of carbonyl (C=O) groups is 2. The van der Waals surface area contributed by atoms with Crippen molar-refractivity contribution in [3.05, 3.63) is 23.9 Å². The van der Waals surface area contributed by atoms with Crippen molar-refractivity contribution in [3.63, 3.8) is 0 Å². The molecule has 5 nitrogen and oxygen atoms in total. The fourth-order valence-electron chi connectivity index (χ4n) is 1.18. The molecule has 0 spiro atoms. The van der Waals surface area contributed by atoms with Crippen LogP contribution >= 0.6 is 0 Å². The quantitative estimate of drug-likeness (QED) is 0.786. The van der Waals surface area contributed by atoms with Gasteiger partial charge in [-0.15, -0.1) is 0 Å². The monoisotopic (exact) mass is 222 g/mol. The van der Waals surface area contributed by atoms with Crippen LogP contribution in [-0.4, -0.2) is 24.0 Å². The van der Waals surface area contributed by atoms with E-state index in [2.05, 4.69) is 15.0 Å². The molecule has 86 valence electrons. The van der Waals surface area contributed by atoms with E-state index < -0.39 is 5.97 Å².